The summed E-state index contributed by atoms with van der Waals surface area (Å²) in [6.45, 7) is 0.615. The molecular weight excluding hydrogens is 208 g/mol. The molecule has 1 fully saturated rings. The Morgan fingerprint density at radius 1 is 1.56 bits per heavy atom. The van der Waals surface area contributed by atoms with Crippen molar-refractivity contribution in [1.82, 2.24) is 9.88 Å². The van der Waals surface area contributed by atoms with Crippen molar-refractivity contribution in [3.05, 3.63) is 34.2 Å². The zero-order valence-electron chi connectivity index (χ0n) is 8.85. The molecule has 1 amide bonds. The molecule has 0 saturated carbocycles. The second kappa shape index (κ2) is 4.49. The number of H-pyrrole nitrogens is 1. The maximum absolute atomic E-state index is 12.0. The molecule has 2 heterocycles. The molecule has 2 N–H and O–H groups in total. The quantitative estimate of drug-likeness (QED) is 0.738. The number of hydrogen-bond donors (Lipinski definition) is 2. The minimum absolute atomic E-state index is 0.0250. The molecule has 16 heavy (non-hydrogen) atoms. The Balaban J connectivity index is 2.22. The van der Waals surface area contributed by atoms with Gasteiger partial charge in [0.05, 0.1) is 12.6 Å². The van der Waals surface area contributed by atoms with Gasteiger partial charge in [-0.2, -0.15) is 0 Å². The molecule has 5 heteroatoms. The van der Waals surface area contributed by atoms with E-state index in [4.69, 9.17) is 5.11 Å². The summed E-state index contributed by atoms with van der Waals surface area (Å²) in [4.78, 5) is 27.2. The largest absolute Gasteiger partial charge is 0.394 e. The van der Waals surface area contributed by atoms with E-state index in [0.717, 1.165) is 12.8 Å². The Hall–Kier alpha value is -1.62. The molecule has 1 saturated heterocycles. The third kappa shape index (κ3) is 1.99. The maximum atomic E-state index is 12.0. The number of carbonyl (C=O) groups excluding carboxylic acids is 1. The van der Waals surface area contributed by atoms with E-state index in [-0.39, 0.29) is 29.8 Å². The number of aromatic amines is 1. The van der Waals surface area contributed by atoms with Gasteiger partial charge in [-0.05, 0) is 18.9 Å². The Bertz CT molecular complexity index is 441. The van der Waals surface area contributed by atoms with E-state index in [0.29, 0.717) is 6.54 Å². The van der Waals surface area contributed by atoms with Gasteiger partial charge in [-0.1, -0.05) is 6.07 Å². The smallest absolute Gasteiger partial charge is 0.270 e. The van der Waals surface area contributed by atoms with E-state index in [9.17, 15) is 9.59 Å². The van der Waals surface area contributed by atoms with Crippen LogP contribution in [0.2, 0.25) is 0 Å². The molecule has 0 unspecified atom stereocenters. The Labute approximate surface area is 92.7 Å². The summed E-state index contributed by atoms with van der Waals surface area (Å²) >= 11 is 0. The highest BCUT2D eigenvalue weighted by molar-refractivity contribution is 5.92. The zero-order valence-corrected chi connectivity index (χ0v) is 8.85. The second-order valence-corrected chi connectivity index (χ2v) is 3.91. The molecule has 1 aliphatic rings. The lowest BCUT2D eigenvalue weighted by molar-refractivity contribution is 0.0671. The van der Waals surface area contributed by atoms with Crippen molar-refractivity contribution in [3.63, 3.8) is 0 Å². The average Bonchev–Trinajstić information content (AvgIpc) is 2.76. The molecule has 0 radical (unpaired) electrons. The van der Waals surface area contributed by atoms with Crippen LogP contribution in [0.4, 0.5) is 0 Å². The number of rotatable bonds is 2. The highest BCUT2D eigenvalue weighted by atomic mass is 16.3. The Kier molecular flexibility index (Phi) is 3.05. The van der Waals surface area contributed by atoms with Crippen LogP contribution in [-0.2, 0) is 0 Å². The van der Waals surface area contributed by atoms with Crippen LogP contribution in [0.3, 0.4) is 0 Å². The lowest BCUT2D eigenvalue weighted by atomic mass is 10.2. The van der Waals surface area contributed by atoms with Crippen LogP contribution in [0, 0.1) is 0 Å². The average molecular weight is 222 g/mol. The van der Waals surface area contributed by atoms with Crippen LogP contribution in [0.5, 0.6) is 0 Å². The third-order valence-corrected chi connectivity index (χ3v) is 2.85. The normalized spacial score (nSPS) is 20.1. The van der Waals surface area contributed by atoms with Crippen molar-refractivity contribution >= 4 is 5.91 Å². The highest BCUT2D eigenvalue weighted by Crippen LogP contribution is 2.18. The van der Waals surface area contributed by atoms with Gasteiger partial charge in [-0.3, -0.25) is 9.59 Å². The number of nitrogens with zero attached hydrogens (tertiary/aromatic N) is 1. The summed E-state index contributed by atoms with van der Waals surface area (Å²) < 4.78 is 0. The van der Waals surface area contributed by atoms with Crippen molar-refractivity contribution < 1.29 is 9.90 Å². The molecule has 1 aliphatic heterocycles. The van der Waals surface area contributed by atoms with Crippen LogP contribution >= 0.6 is 0 Å². The second-order valence-electron chi connectivity index (χ2n) is 3.91. The fraction of sp³-hybridized carbons (Fsp3) is 0.455. The van der Waals surface area contributed by atoms with E-state index >= 15 is 0 Å². The first-order valence-corrected chi connectivity index (χ1v) is 5.33. The fourth-order valence-electron chi connectivity index (χ4n) is 2.02. The summed E-state index contributed by atoms with van der Waals surface area (Å²) in [5.74, 6) is -0.214. The van der Waals surface area contributed by atoms with Gasteiger partial charge in [-0.25, -0.2) is 0 Å². The minimum Gasteiger partial charge on any atom is -0.394 e. The summed E-state index contributed by atoms with van der Waals surface area (Å²) in [6, 6.07) is 4.38. The number of aromatic nitrogens is 1. The number of pyridine rings is 1. The number of carbonyl (C=O) groups is 1. The van der Waals surface area contributed by atoms with Crippen LogP contribution < -0.4 is 5.56 Å². The Morgan fingerprint density at radius 2 is 2.38 bits per heavy atom. The molecule has 1 atom stereocenters. The van der Waals surface area contributed by atoms with Crippen molar-refractivity contribution in [2.24, 2.45) is 0 Å². The third-order valence-electron chi connectivity index (χ3n) is 2.85. The number of hydrogen-bond acceptors (Lipinski definition) is 3. The van der Waals surface area contributed by atoms with Crippen molar-refractivity contribution in [3.8, 4) is 0 Å². The highest BCUT2D eigenvalue weighted by Gasteiger charge is 2.28. The van der Waals surface area contributed by atoms with E-state index in [1.807, 2.05) is 0 Å². The van der Waals surface area contributed by atoms with Crippen molar-refractivity contribution in [1.29, 1.82) is 0 Å². The van der Waals surface area contributed by atoms with Gasteiger partial charge < -0.3 is 15.0 Å². The standard InChI is InChI=1S/C11H14N2O3/c14-7-8-3-2-6-13(8)11(16)9-4-1-5-10(15)12-9/h1,4-5,8,14H,2-3,6-7H2,(H,12,15)/t8-/m0/s1. The molecule has 0 aromatic carbocycles. The van der Waals surface area contributed by atoms with Gasteiger partial charge in [0.25, 0.3) is 5.91 Å². The first kappa shape index (κ1) is 10.9. The van der Waals surface area contributed by atoms with Gasteiger partial charge >= 0.3 is 0 Å². The van der Waals surface area contributed by atoms with Gasteiger partial charge in [0, 0.05) is 12.6 Å². The van der Waals surface area contributed by atoms with Gasteiger partial charge in [0.15, 0.2) is 0 Å². The van der Waals surface area contributed by atoms with Gasteiger partial charge in [-0.15, -0.1) is 0 Å². The first-order valence-electron chi connectivity index (χ1n) is 5.33. The predicted octanol–water partition coefficient (Wildman–Crippen LogP) is -0.0282. The zero-order chi connectivity index (χ0) is 11.5. The summed E-state index contributed by atoms with van der Waals surface area (Å²) in [6.07, 6.45) is 1.72. The molecule has 1 aromatic rings. The lowest BCUT2D eigenvalue weighted by Gasteiger charge is -2.22. The number of aliphatic hydroxyl groups is 1. The summed E-state index contributed by atoms with van der Waals surface area (Å²) in [5, 5.41) is 9.12. The van der Waals surface area contributed by atoms with Gasteiger partial charge in [0.1, 0.15) is 5.69 Å². The first-order chi connectivity index (χ1) is 7.72. The van der Waals surface area contributed by atoms with Crippen LogP contribution in [0.1, 0.15) is 23.3 Å². The lowest BCUT2D eigenvalue weighted by Crippen LogP contribution is -2.38. The molecule has 5 nitrogen and oxygen atoms in total. The van der Waals surface area contributed by atoms with E-state index in [1.54, 1.807) is 17.0 Å². The van der Waals surface area contributed by atoms with Crippen LogP contribution in [0.25, 0.3) is 0 Å². The monoisotopic (exact) mass is 222 g/mol. The predicted molar refractivity (Wildman–Crippen MR) is 58.2 cm³/mol. The van der Waals surface area contributed by atoms with Gasteiger partial charge in [0.2, 0.25) is 5.56 Å². The van der Waals surface area contributed by atoms with E-state index in [1.165, 1.54) is 6.07 Å². The van der Waals surface area contributed by atoms with Crippen LogP contribution in [0.15, 0.2) is 23.0 Å². The maximum Gasteiger partial charge on any atom is 0.270 e. The number of nitrogens with one attached hydrogen (secondary N) is 1. The SMILES string of the molecule is O=C(c1cccc(=O)[nH]1)N1CCC[C@H]1CO. The molecular formula is C11H14N2O3. The topological polar surface area (TPSA) is 73.4 Å². The summed E-state index contributed by atoms with van der Waals surface area (Å²) in [5.41, 5.74) is -0.00144. The number of aliphatic hydroxyl groups excluding tert-OH is 1. The minimum atomic E-state index is -0.286. The fourth-order valence-corrected chi connectivity index (χ4v) is 2.02. The molecule has 0 bridgehead atoms. The number of likely N-dealkylation sites (tertiary alicyclic amines) is 1. The van der Waals surface area contributed by atoms with Crippen molar-refractivity contribution in [2.75, 3.05) is 13.2 Å². The van der Waals surface area contributed by atoms with Crippen molar-refractivity contribution in [2.45, 2.75) is 18.9 Å². The van der Waals surface area contributed by atoms with Crippen LogP contribution in [-0.4, -0.2) is 40.1 Å². The van der Waals surface area contributed by atoms with E-state index in [2.05, 4.69) is 4.98 Å². The number of amides is 1. The molecule has 1 aromatic heterocycles. The summed E-state index contributed by atoms with van der Waals surface area (Å²) in [7, 11) is 0. The molecule has 2 rings (SSSR count). The Morgan fingerprint density at radius 3 is 3.06 bits per heavy atom. The molecule has 86 valence electrons. The van der Waals surface area contributed by atoms with E-state index < -0.39 is 0 Å². The molecule has 0 aliphatic carbocycles. The molecule has 0 spiro atoms.